The van der Waals surface area contributed by atoms with Crippen LogP contribution in [0, 0.1) is 0 Å². The van der Waals surface area contributed by atoms with Crippen molar-refractivity contribution >= 4 is 57.2 Å². The summed E-state index contributed by atoms with van der Waals surface area (Å²) in [6.07, 6.45) is 1.80. The van der Waals surface area contributed by atoms with Crippen molar-refractivity contribution < 1.29 is 4.79 Å². The number of pyridine rings is 1. The molecular formula is C17H13ClN6OS. The summed E-state index contributed by atoms with van der Waals surface area (Å²) in [7, 11) is 0. The summed E-state index contributed by atoms with van der Waals surface area (Å²) >= 11 is 7.15. The Morgan fingerprint density at radius 2 is 2.08 bits per heavy atom. The Hall–Kier alpha value is -2.71. The molecule has 0 aliphatic heterocycles. The van der Waals surface area contributed by atoms with Crippen LogP contribution in [0.2, 0.25) is 5.02 Å². The van der Waals surface area contributed by atoms with Crippen LogP contribution < -0.4 is 5.32 Å². The van der Waals surface area contributed by atoms with Crippen LogP contribution in [-0.4, -0.2) is 36.8 Å². The molecule has 3 aromatic heterocycles. The number of fused-ring (bicyclic) bond motifs is 3. The second-order valence-corrected chi connectivity index (χ2v) is 6.97. The van der Waals surface area contributed by atoms with E-state index in [1.165, 1.54) is 18.0 Å². The Kier molecular flexibility index (Phi) is 4.68. The zero-order valence-electron chi connectivity index (χ0n) is 13.4. The van der Waals surface area contributed by atoms with Gasteiger partial charge in [-0.1, -0.05) is 41.6 Å². The lowest BCUT2D eigenvalue weighted by Gasteiger charge is -2.03. The lowest BCUT2D eigenvalue weighted by Crippen LogP contribution is -2.13. The van der Waals surface area contributed by atoms with E-state index in [0.717, 1.165) is 16.4 Å². The van der Waals surface area contributed by atoms with Gasteiger partial charge in [0.1, 0.15) is 11.3 Å². The van der Waals surface area contributed by atoms with Gasteiger partial charge in [-0.25, -0.2) is 9.97 Å². The van der Waals surface area contributed by atoms with Gasteiger partial charge in [0.15, 0.2) is 5.65 Å². The van der Waals surface area contributed by atoms with Crippen molar-refractivity contribution in [2.45, 2.75) is 11.6 Å². The van der Waals surface area contributed by atoms with E-state index in [0.29, 0.717) is 33.8 Å². The zero-order chi connectivity index (χ0) is 17.9. The predicted octanol–water partition coefficient (Wildman–Crippen LogP) is 3.68. The summed E-state index contributed by atoms with van der Waals surface area (Å²) in [5.74, 6) is 0.876. The number of carbonyl (C=O) groups excluding carboxylic acids is 1. The number of halogens is 1. The zero-order valence-corrected chi connectivity index (χ0v) is 15.0. The topological polar surface area (TPSA) is 96.5 Å². The van der Waals surface area contributed by atoms with Crippen molar-refractivity contribution in [3.8, 4) is 0 Å². The number of rotatable bonds is 5. The van der Waals surface area contributed by atoms with Crippen LogP contribution in [0.1, 0.15) is 6.42 Å². The first-order chi connectivity index (χ1) is 12.7. The molecule has 26 heavy (non-hydrogen) atoms. The monoisotopic (exact) mass is 384 g/mol. The second kappa shape index (κ2) is 7.27. The Bertz CT molecular complexity index is 1080. The third-order valence-electron chi connectivity index (χ3n) is 3.66. The Balaban J connectivity index is 1.37. The quantitative estimate of drug-likeness (QED) is 0.509. The molecule has 0 fully saturated rings. The molecule has 2 N–H and O–H groups in total. The van der Waals surface area contributed by atoms with Gasteiger partial charge in [0.2, 0.25) is 11.1 Å². The summed E-state index contributed by atoms with van der Waals surface area (Å²) in [5.41, 5.74) is 2.41. The number of aromatic nitrogens is 5. The third-order valence-corrected chi connectivity index (χ3v) is 4.72. The van der Waals surface area contributed by atoms with Crippen molar-refractivity contribution in [1.82, 2.24) is 25.1 Å². The molecule has 4 rings (SSSR count). The smallest absolute Gasteiger partial charge is 0.226 e. The highest BCUT2D eigenvalue weighted by Gasteiger charge is 2.10. The number of H-pyrrole nitrogens is 1. The molecule has 4 aromatic rings. The van der Waals surface area contributed by atoms with Gasteiger partial charge in [-0.2, -0.15) is 0 Å². The fraction of sp³-hybridized carbons (Fsp3) is 0.118. The Morgan fingerprint density at radius 1 is 1.19 bits per heavy atom. The van der Waals surface area contributed by atoms with Crippen LogP contribution in [0.25, 0.3) is 22.1 Å². The van der Waals surface area contributed by atoms with Gasteiger partial charge in [-0.05, 0) is 18.2 Å². The van der Waals surface area contributed by atoms with Crippen LogP contribution in [-0.2, 0) is 4.79 Å². The average Bonchev–Trinajstić information content (AvgIpc) is 3.01. The third kappa shape index (κ3) is 3.61. The minimum Gasteiger partial charge on any atom is -0.338 e. The minimum absolute atomic E-state index is 0.132. The molecule has 0 bridgehead atoms. The molecule has 130 valence electrons. The number of hydrogen-bond donors (Lipinski definition) is 2. The summed E-state index contributed by atoms with van der Waals surface area (Å²) in [5, 5.41) is 13.2. The van der Waals surface area contributed by atoms with Gasteiger partial charge in [0.25, 0.3) is 0 Å². The first-order valence-electron chi connectivity index (χ1n) is 7.84. The molecule has 0 spiro atoms. The van der Waals surface area contributed by atoms with Gasteiger partial charge < -0.3 is 10.3 Å². The lowest BCUT2D eigenvalue weighted by molar-refractivity contribution is -0.115. The molecule has 0 aliphatic rings. The number of carbonyl (C=O) groups is 1. The molecular weight excluding hydrogens is 372 g/mol. The van der Waals surface area contributed by atoms with E-state index in [9.17, 15) is 4.79 Å². The molecule has 0 aliphatic carbocycles. The fourth-order valence-electron chi connectivity index (χ4n) is 2.46. The Morgan fingerprint density at radius 3 is 2.92 bits per heavy atom. The summed E-state index contributed by atoms with van der Waals surface area (Å²) in [6.45, 7) is 0. The predicted molar refractivity (Wildman–Crippen MR) is 102 cm³/mol. The van der Waals surface area contributed by atoms with Crippen LogP contribution in [0.4, 0.5) is 5.82 Å². The minimum atomic E-state index is -0.132. The van der Waals surface area contributed by atoms with Gasteiger partial charge in [-0.3, -0.25) is 4.79 Å². The van der Waals surface area contributed by atoms with Crippen LogP contribution in [0.15, 0.2) is 47.8 Å². The van der Waals surface area contributed by atoms with E-state index >= 15 is 0 Å². The van der Waals surface area contributed by atoms with Crippen LogP contribution >= 0.6 is 23.4 Å². The first kappa shape index (κ1) is 16.7. The standard InChI is InChI=1S/C17H13ClN6OS/c18-10-5-6-13(19-9-10)21-14(25)7-8-26-17-22-16-15(23-24-17)11-3-1-2-4-12(11)20-16/h1-6,9H,7-8H2,(H,19,21,25)(H,20,22,24). The van der Waals surface area contributed by atoms with Gasteiger partial charge in [-0.15, -0.1) is 10.2 Å². The van der Waals surface area contributed by atoms with Crippen LogP contribution in [0.3, 0.4) is 0 Å². The van der Waals surface area contributed by atoms with Crippen molar-refractivity contribution in [2.75, 3.05) is 11.1 Å². The highest BCUT2D eigenvalue weighted by Crippen LogP contribution is 2.23. The van der Waals surface area contributed by atoms with E-state index in [4.69, 9.17) is 11.6 Å². The summed E-state index contributed by atoms with van der Waals surface area (Å²) < 4.78 is 0. The molecule has 0 radical (unpaired) electrons. The number of nitrogens with one attached hydrogen (secondary N) is 2. The van der Waals surface area contributed by atoms with Gasteiger partial charge in [0, 0.05) is 29.3 Å². The number of para-hydroxylation sites is 1. The maximum Gasteiger partial charge on any atom is 0.226 e. The molecule has 1 aromatic carbocycles. The molecule has 3 heterocycles. The SMILES string of the molecule is O=C(CCSc1nnc2c(n1)[nH]c1ccccc12)Nc1ccc(Cl)cn1. The van der Waals surface area contributed by atoms with Crippen molar-refractivity contribution in [2.24, 2.45) is 0 Å². The normalized spacial score (nSPS) is 11.1. The van der Waals surface area contributed by atoms with Crippen molar-refractivity contribution in [3.05, 3.63) is 47.6 Å². The molecule has 0 saturated carbocycles. The van der Waals surface area contributed by atoms with E-state index in [1.54, 1.807) is 12.1 Å². The van der Waals surface area contributed by atoms with E-state index < -0.39 is 0 Å². The number of hydrogen-bond acceptors (Lipinski definition) is 6. The summed E-state index contributed by atoms with van der Waals surface area (Å²) in [4.78, 5) is 23.7. The fourth-order valence-corrected chi connectivity index (χ4v) is 3.29. The van der Waals surface area contributed by atoms with Crippen molar-refractivity contribution in [1.29, 1.82) is 0 Å². The van der Waals surface area contributed by atoms with Gasteiger partial charge in [0.05, 0.1) is 5.02 Å². The van der Waals surface area contributed by atoms with E-state index in [1.807, 2.05) is 24.3 Å². The molecule has 0 atom stereocenters. The van der Waals surface area contributed by atoms with Gasteiger partial charge >= 0.3 is 0 Å². The Labute approximate surface area is 157 Å². The maximum atomic E-state index is 12.0. The van der Waals surface area contributed by atoms with E-state index in [2.05, 4.69) is 30.5 Å². The maximum absolute atomic E-state index is 12.0. The summed E-state index contributed by atoms with van der Waals surface area (Å²) in [6, 6.07) is 11.2. The average molecular weight is 385 g/mol. The molecule has 1 amide bonds. The highest BCUT2D eigenvalue weighted by atomic mass is 35.5. The second-order valence-electron chi connectivity index (χ2n) is 5.47. The van der Waals surface area contributed by atoms with E-state index in [-0.39, 0.29) is 5.91 Å². The number of aromatic amines is 1. The number of amides is 1. The number of benzene rings is 1. The number of thioether (sulfide) groups is 1. The highest BCUT2D eigenvalue weighted by molar-refractivity contribution is 7.99. The molecule has 7 nitrogen and oxygen atoms in total. The number of nitrogens with zero attached hydrogens (tertiary/aromatic N) is 4. The first-order valence-corrected chi connectivity index (χ1v) is 9.21. The van der Waals surface area contributed by atoms with Crippen LogP contribution in [0.5, 0.6) is 0 Å². The molecule has 0 saturated heterocycles. The largest absolute Gasteiger partial charge is 0.338 e. The molecule has 0 unspecified atom stereocenters. The lowest BCUT2D eigenvalue weighted by atomic mass is 10.2. The number of anilines is 1. The van der Waals surface area contributed by atoms with Crippen molar-refractivity contribution in [3.63, 3.8) is 0 Å². The molecule has 9 heteroatoms.